The molecule has 0 aliphatic carbocycles. The topological polar surface area (TPSA) is 27.7 Å². The molecule has 0 N–H and O–H groups in total. The van der Waals surface area contributed by atoms with Crippen LogP contribution in [0.3, 0.4) is 0 Å². The Bertz CT molecular complexity index is 410. The van der Waals surface area contributed by atoms with Gasteiger partial charge in [0.2, 0.25) is 6.79 Å². The molecule has 0 saturated carbocycles. The van der Waals surface area contributed by atoms with Gasteiger partial charge in [0, 0.05) is 11.6 Å². The first-order valence-corrected chi connectivity index (χ1v) is 5.12. The molecule has 84 valence electrons. The normalized spacial score (nSPS) is 12.2. The van der Waals surface area contributed by atoms with E-state index >= 15 is 0 Å². The molecule has 0 radical (unpaired) electrons. The Labute approximate surface area is 94.9 Å². The molecule has 3 heteroatoms. The van der Waals surface area contributed by atoms with Crippen molar-refractivity contribution in [2.75, 3.05) is 13.4 Å². The lowest BCUT2D eigenvalue weighted by Gasteiger charge is -2.10. The fourth-order valence-electron chi connectivity index (χ4n) is 1.56. The number of rotatable bonds is 5. The van der Waals surface area contributed by atoms with Crippen molar-refractivity contribution in [1.82, 2.24) is 0 Å². The number of fused-ring (bicyclic) bond motifs is 1. The first-order chi connectivity index (χ1) is 7.85. The van der Waals surface area contributed by atoms with Crippen molar-refractivity contribution in [3.05, 3.63) is 43.0 Å². The molecule has 0 bridgehead atoms. The molecule has 1 aliphatic heterocycles. The van der Waals surface area contributed by atoms with Gasteiger partial charge in [-0.25, -0.2) is 0 Å². The third-order valence-corrected chi connectivity index (χ3v) is 2.28. The fraction of sp³-hybridized carbons (Fsp3) is 0.231. The molecule has 0 fully saturated rings. The van der Waals surface area contributed by atoms with Gasteiger partial charge >= 0.3 is 0 Å². The summed E-state index contributed by atoms with van der Waals surface area (Å²) in [5.74, 6) is 2.29. The highest BCUT2D eigenvalue weighted by Gasteiger charge is 2.17. The van der Waals surface area contributed by atoms with Crippen molar-refractivity contribution in [3.63, 3.8) is 0 Å². The monoisotopic (exact) mass is 218 g/mol. The first-order valence-electron chi connectivity index (χ1n) is 5.12. The molecule has 0 spiro atoms. The number of hydrogen-bond acceptors (Lipinski definition) is 3. The molecule has 1 aromatic carbocycles. The second kappa shape index (κ2) is 4.75. The van der Waals surface area contributed by atoms with Crippen molar-refractivity contribution in [1.29, 1.82) is 0 Å². The van der Waals surface area contributed by atoms with E-state index in [0.29, 0.717) is 6.61 Å². The summed E-state index contributed by atoms with van der Waals surface area (Å²) in [5.41, 5.74) is 1.04. The average molecular weight is 218 g/mol. The molecule has 0 unspecified atom stereocenters. The fourth-order valence-corrected chi connectivity index (χ4v) is 1.56. The van der Waals surface area contributed by atoms with Crippen LogP contribution in [0.1, 0.15) is 5.56 Å². The van der Waals surface area contributed by atoms with Gasteiger partial charge in [-0.2, -0.15) is 0 Å². The second-order valence-electron chi connectivity index (χ2n) is 3.41. The molecule has 1 aromatic rings. The maximum absolute atomic E-state index is 5.56. The van der Waals surface area contributed by atoms with Crippen molar-refractivity contribution in [3.8, 4) is 17.2 Å². The third-order valence-electron chi connectivity index (χ3n) is 2.28. The summed E-state index contributed by atoms with van der Waals surface area (Å²) in [6.07, 6.45) is 4.28. The van der Waals surface area contributed by atoms with Crippen LogP contribution in [-0.4, -0.2) is 13.4 Å². The summed E-state index contributed by atoms with van der Waals surface area (Å²) < 4.78 is 16.2. The standard InChI is InChI=1S/C13H14O3/c1-3-5-10-7-12-13(16-9-15-12)8-11(10)14-6-4-2/h3-4,7-8H,1-2,5-6,9H2. The molecular weight excluding hydrogens is 204 g/mol. The zero-order valence-corrected chi connectivity index (χ0v) is 9.07. The van der Waals surface area contributed by atoms with Gasteiger partial charge in [0.05, 0.1) is 0 Å². The van der Waals surface area contributed by atoms with E-state index in [1.807, 2.05) is 18.2 Å². The molecule has 1 aliphatic rings. The highest BCUT2D eigenvalue weighted by atomic mass is 16.7. The average Bonchev–Trinajstić information content (AvgIpc) is 2.73. The highest BCUT2D eigenvalue weighted by molar-refractivity contribution is 5.52. The van der Waals surface area contributed by atoms with Crippen molar-refractivity contribution in [2.24, 2.45) is 0 Å². The van der Waals surface area contributed by atoms with Crippen LogP contribution in [0.4, 0.5) is 0 Å². The van der Waals surface area contributed by atoms with Crippen LogP contribution in [0.2, 0.25) is 0 Å². The van der Waals surface area contributed by atoms with Gasteiger partial charge < -0.3 is 14.2 Å². The van der Waals surface area contributed by atoms with E-state index in [9.17, 15) is 0 Å². The number of hydrogen-bond donors (Lipinski definition) is 0. The van der Waals surface area contributed by atoms with Crippen molar-refractivity contribution in [2.45, 2.75) is 6.42 Å². The summed E-state index contributed by atoms with van der Waals surface area (Å²) in [6, 6.07) is 3.78. The number of benzene rings is 1. The lowest BCUT2D eigenvalue weighted by molar-refractivity contribution is 0.174. The quantitative estimate of drug-likeness (QED) is 0.711. The third kappa shape index (κ3) is 2.03. The van der Waals surface area contributed by atoms with E-state index in [-0.39, 0.29) is 6.79 Å². The molecule has 0 amide bonds. The highest BCUT2D eigenvalue weighted by Crippen LogP contribution is 2.38. The molecule has 0 saturated heterocycles. The van der Waals surface area contributed by atoms with Crippen molar-refractivity contribution < 1.29 is 14.2 Å². The van der Waals surface area contributed by atoms with Gasteiger partial charge in [0.25, 0.3) is 0 Å². The molecule has 2 rings (SSSR count). The van der Waals surface area contributed by atoms with Gasteiger partial charge in [-0.1, -0.05) is 18.7 Å². The van der Waals surface area contributed by atoms with Crippen LogP contribution in [0.25, 0.3) is 0 Å². The predicted molar refractivity (Wildman–Crippen MR) is 62.2 cm³/mol. The van der Waals surface area contributed by atoms with Gasteiger partial charge in [-0.3, -0.25) is 0 Å². The summed E-state index contributed by atoms with van der Waals surface area (Å²) >= 11 is 0. The van der Waals surface area contributed by atoms with Gasteiger partial charge in [0.1, 0.15) is 12.4 Å². The maximum atomic E-state index is 5.56. The number of allylic oxidation sites excluding steroid dienone is 1. The zero-order valence-electron chi connectivity index (χ0n) is 9.07. The molecule has 3 nitrogen and oxygen atoms in total. The van der Waals surface area contributed by atoms with Crippen LogP contribution < -0.4 is 14.2 Å². The minimum atomic E-state index is 0.272. The predicted octanol–water partition coefficient (Wildman–Crippen LogP) is 2.71. The summed E-state index contributed by atoms with van der Waals surface area (Å²) in [7, 11) is 0. The van der Waals surface area contributed by atoms with Gasteiger partial charge in [-0.05, 0) is 12.5 Å². The van der Waals surface area contributed by atoms with Crippen LogP contribution in [0, 0.1) is 0 Å². The Balaban J connectivity index is 2.31. The molecule has 16 heavy (non-hydrogen) atoms. The lowest BCUT2D eigenvalue weighted by atomic mass is 10.1. The summed E-state index contributed by atoms with van der Waals surface area (Å²) in [6.45, 7) is 8.09. The van der Waals surface area contributed by atoms with Gasteiger partial charge in [-0.15, -0.1) is 6.58 Å². The van der Waals surface area contributed by atoms with Crippen molar-refractivity contribution >= 4 is 0 Å². The Kier molecular flexibility index (Phi) is 3.15. The van der Waals surface area contributed by atoms with E-state index in [1.165, 1.54) is 0 Å². The van der Waals surface area contributed by atoms with E-state index in [1.54, 1.807) is 6.08 Å². The van der Waals surface area contributed by atoms with E-state index < -0.39 is 0 Å². The number of ether oxygens (including phenoxy) is 3. The Morgan fingerprint density at radius 2 is 1.94 bits per heavy atom. The lowest BCUT2D eigenvalue weighted by Crippen LogP contribution is -1.97. The van der Waals surface area contributed by atoms with Crippen LogP contribution in [0.15, 0.2) is 37.4 Å². The van der Waals surface area contributed by atoms with Crippen LogP contribution in [-0.2, 0) is 6.42 Å². The Morgan fingerprint density at radius 1 is 1.19 bits per heavy atom. The maximum Gasteiger partial charge on any atom is 0.231 e. The molecule has 1 heterocycles. The largest absolute Gasteiger partial charge is 0.489 e. The van der Waals surface area contributed by atoms with Gasteiger partial charge in [0.15, 0.2) is 11.5 Å². The molecular formula is C13H14O3. The van der Waals surface area contributed by atoms with E-state index in [0.717, 1.165) is 29.2 Å². The zero-order chi connectivity index (χ0) is 11.4. The van der Waals surface area contributed by atoms with Crippen LogP contribution >= 0.6 is 0 Å². The summed E-state index contributed by atoms with van der Waals surface area (Å²) in [4.78, 5) is 0. The summed E-state index contributed by atoms with van der Waals surface area (Å²) in [5, 5.41) is 0. The van der Waals surface area contributed by atoms with Crippen LogP contribution in [0.5, 0.6) is 17.2 Å². The second-order valence-corrected chi connectivity index (χ2v) is 3.41. The first kappa shape index (κ1) is 10.6. The smallest absolute Gasteiger partial charge is 0.231 e. The molecule has 0 atom stereocenters. The minimum Gasteiger partial charge on any atom is -0.489 e. The SMILES string of the molecule is C=CCOc1cc2c(cc1CC=C)OCO2. The minimum absolute atomic E-state index is 0.272. The Morgan fingerprint density at radius 3 is 2.62 bits per heavy atom. The van der Waals surface area contributed by atoms with E-state index in [4.69, 9.17) is 14.2 Å². The van der Waals surface area contributed by atoms with E-state index in [2.05, 4.69) is 13.2 Å². The Hall–Kier alpha value is -1.90. The molecule has 0 aromatic heterocycles.